The van der Waals surface area contributed by atoms with Crippen molar-refractivity contribution in [3.05, 3.63) is 0 Å². The number of hydrogen-bond donors (Lipinski definition) is 2. The molecule has 2 N–H and O–H groups in total. The maximum atomic E-state index is 5.31. The Morgan fingerprint density at radius 3 is 2.32 bits per heavy atom. The quantitative estimate of drug-likeness (QED) is 0.693. The predicted molar refractivity (Wildman–Crippen MR) is 76.8 cm³/mol. The molecule has 108 valence electrons. The van der Waals surface area contributed by atoms with E-state index in [0.717, 1.165) is 26.2 Å². The van der Waals surface area contributed by atoms with E-state index in [1.54, 1.807) is 7.05 Å². The molecule has 0 aliphatic heterocycles. The molecule has 7 nitrogen and oxygen atoms in total. The third-order valence-electron chi connectivity index (χ3n) is 2.72. The number of ether oxygens (including phenoxy) is 1. The van der Waals surface area contributed by atoms with Gasteiger partial charge in [-0.15, -0.1) is 0 Å². The molecule has 0 unspecified atom stereocenters. The number of nitrogens with zero attached hydrogens (tertiary/aromatic N) is 4. The molecule has 0 spiro atoms. The first-order valence-corrected chi connectivity index (χ1v) is 6.76. The summed E-state index contributed by atoms with van der Waals surface area (Å²) in [6.45, 7) is 10.6. The lowest BCUT2D eigenvalue weighted by Gasteiger charge is -2.18. The topological polar surface area (TPSA) is 75.2 Å². The third-order valence-corrected chi connectivity index (χ3v) is 2.72. The van der Waals surface area contributed by atoms with Crippen molar-refractivity contribution in [2.24, 2.45) is 0 Å². The molecule has 0 amide bonds. The van der Waals surface area contributed by atoms with Crippen LogP contribution < -0.4 is 15.4 Å². The standard InChI is InChI=1S/C12H24N6O/c1-5-18(6-2)9-8-14-11-15-10(13-4)16-12(17-11)19-7-3/h5-9H2,1-4H3,(H2,13,14,15,16,17). The van der Waals surface area contributed by atoms with Crippen LogP contribution in [-0.2, 0) is 0 Å². The van der Waals surface area contributed by atoms with Gasteiger partial charge in [0.1, 0.15) is 0 Å². The Morgan fingerprint density at radius 1 is 1.05 bits per heavy atom. The number of aromatic nitrogens is 3. The Hall–Kier alpha value is -1.63. The first-order valence-electron chi connectivity index (χ1n) is 6.76. The van der Waals surface area contributed by atoms with Gasteiger partial charge in [0.15, 0.2) is 0 Å². The number of anilines is 2. The second-order valence-corrected chi connectivity index (χ2v) is 3.90. The summed E-state index contributed by atoms with van der Waals surface area (Å²) in [4.78, 5) is 14.9. The van der Waals surface area contributed by atoms with Gasteiger partial charge in [-0.05, 0) is 20.0 Å². The fourth-order valence-electron chi connectivity index (χ4n) is 1.61. The normalized spacial score (nSPS) is 10.6. The summed E-state index contributed by atoms with van der Waals surface area (Å²) in [6, 6.07) is 0.340. The zero-order chi connectivity index (χ0) is 14.1. The molecule has 0 saturated carbocycles. The molecule has 0 atom stereocenters. The van der Waals surface area contributed by atoms with Crippen molar-refractivity contribution >= 4 is 11.9 Å². The van der Waals surface area contributed by atoms with Crippen molar-refractivity contribution in [2.45, 2.75) is 20.8 Å². The van der Waals surface area contributed by atoms with Gasteiger partial charge in [-0.3, -0.25) is 0 Å². The highest BCUT2D eigenvalue weighted by molar-refractivity contribution is 5.35. The number of rotatable bonds is 9. The van der Waals surface area contributed by atoms with Crippen LogP contribution in [0, 0.1) is 0 Å². The fourth-order valence-corrected chi connectivity index (χ4v) is 1.61. The van der Waals surface area contributed by atoms with E-state index in [1.165, 1.54) is 0 Å². The van der Waals surface area contributed by atoms with Crippen LogP contribution in [0.15, 0.2) is 0 Å². The summed E-state index contributed by atoms with van der Waals surface area (Å²) in [5, 5.41) is 6.09. The molecule has 0 radical (unpaired) electrons. The molecule has 1 rings (SSSR count). The average Bonchev–Trinajstić information content (AvgIpc) is 2.43. The van der Waals surface area contributed by atoms with Crippen LogP contribution in [0.4, 0.5) is 11.9 Å². The highest BCUT2D eigenvalue weighted by Gasteiger charge is 2.06. The van der Waals surface area contributed by atoms with Crippen molar-refractivity contribution in [1.82, 2.24) is 19.9 Å². The molecule has 1 aromatic rings. The van der Waals surface area contributed by atoms with E-state index in [-0.39, 0.29) is 0 Å². The molecular formula is C12H24N6O. The van der Waals surface area contributed by atoms with Crippen molar-refractivity contribution in [3.63, 3.8) is 0 Å². The van der Waals surface area contributed by atoms with Crippen LogP contribution in [0.2, 0.25) is 0 Å². The summed E-state index contributed by atoms with van der Waals surface area (Å²) in [6.07, 6.45) is 0. The molecule has 0 bridgehead atoms. The summed E-state index contributed by atoms with van der Waals surface area (Å²) >= 11 is 0. The molecule has 7 heteroatoms. The van der Waals surface area contributed by atoms with Crippen LogP contribution in [0.3, 0.4) is 0 Å². The molecule has 19 heavy (non-hydrogen) atoms. The maximum absolute atomic E-state index is 5.31. The van der Waals surface area contributed by atoms with Gasteiger partial charge in [-0.2, -0.15) is 15.0 Å². The van der Waals surface area contributed by atoms with E-state index < -0.39 is 0 Å². The van der Waals surface area contributed by atoms with Gasteiger partial charge in [-0.1, -0.05) is 13.8 Å². The monoisotopic (exact) mass is 268 g/mol. The van der Waals surface area contributed by atoms with E-state index in [0.29, 0.717) is 24.5 Å². The largest absolute Gasteiger partial charge is 0.464 e. The second-order valence-electron chi connectivity index (χ2n) is 3.90. The third kappa shape index (κ3) is 5.25. The van der Waals surface area contributed by atoms with Crippen LogP contribution in [0.25, 0.3) is 0 Å². The Balaban J connectivity index is 2.58. The Kier molecular flexibility index (Phi) is 6.88. The van der Waals surface area contributed by atoms with E-state index >= 15 is 0 Å². The average molecular weight is 268 g/mol. The molecule has 1 heterocycles. The maximum Gasteiger partial charge on any atom is 0.323 e. The van der Waals surface area contributed by atoms with E-state index in [2.05, 4.69) is 44.3 Å². The predicted octanol–water partition coefficient (Wildman–Crippen LogP) is 1.07. The lowest BCUT2D eigenvalue weighted by atomic mass is 10.4. The van der Waals surface area contributed by atoms with Gasteiger partial charge >= 0.3 is 6.01 Å². The summed E-state index contributed by atoms with van der Waals surface area (Å²) < 4.78 is 5.31. The van der Waals surface area contributed by atoms with Crippen LogP contribution >= 0.6 is 0 Å². The zero-order valence-electron chi connectivity index (χ0n) is 12.2. The number of hydrogen-bond acceptors (Lipinski definition) is 7. The van der Waals surface area contributed by atoms with Crippen LogP contribution in [-0.4, -0.2) is 59.7 Å². The number of nitrogens with one attached hydrogen (secondary N) is 2. The van der Waals surface area contributed by atoms with E-state index in [9.17, 15) is 0 Å². The van der Waals surface area contributed by atoms with E-state index in [4.69, 9.17) is 4.74 Å². The Bertz CT molecular complexity index is 369. The van der Waals surface area contributed by atoms with Crippen molar-refractivity contribution in [2.75, 3.05) is 50.5 Å². The Morgan fingerprint density at radius 2 is 1.74 bits per heavy atom. The lowest BCUT2D eigenvalue weighted by Crippen LogP contribution is -2.29. The minimum Gasteiger partial charge on any atom is -0.464 e. The molecule has 0 saturated heterocycles. The van der Waals surface area contributed by atoms with Crippen molar-refractivity contribution in [1.29, 1.82) is 0 Å². The Labute approximate surface area is 114 Å². The molecule has 0 aliphatic carbocycles. The minimum atomic E-state index is 0.340. The molecule has 0 aromatic carbocycles. The first-order chi connectivity index (χ1) is 9.23. The van der Waals surface area contributed by atoms with Gasteiger partial charge in [0.25, 0.3) is 0 Å². The molecule has 1 aromatic heterocycles. The lowest BCUT2D eigenvalue weighted by molar-refractivity contribution is 0.310. The van der Waals surface area contributed by atoms with Crippen LogP contribution in [0.5, 0.6) is 6.01 Å². The first kappa shape index (κ1) is 15.4. The fraction of sp³-hybridized carbons (Fsp3) is 0.750. The molecular weight excluding hydrogens is 244 g/mol. The highest BCUT2D eigenvalue weighted by atomic mass is 16.5. The van der Waals surface area contributed by atoms with Gasteiger partial charge in [-0.25, -0.2) is 0 Å². The SMILES string of the molecule is CCOc1nc(NC)nc(NCCN(CC)CC)n1. The van der Waals surface area contributed by atoms with E-state index in [1.807, 2.05) is 6.92 Å². The van der Waals surface area contributed by atoms with Crippen molar-refractivity contribution in [3.8, 4) is 6.01 Å². The van der Waals surface area contributed by atoms with Crippen molar-refractivity contribution < 1.29 is 4.74 Å². The zero-order valence-corrected chi connectivity index (χ0v) is 12.2. The minimum absolute atomic E-state index is 0.340. The van der Waals surface area contributed by atoms with Gasteiger partial charge in [0, 0.05) is 20.1 Å². The summed E-state index contributed by atoms with van der Waals surface area (Å²) in [5.41, 5.74) is 0. The summed E-state index contributed by atoms with van der Waals surface area (Å²) in [7, 11) is 1.77. The highest BCUT2D eigenvalue weighted by Crippen LogP contribution is 2.10. The second kappa shape index (κ2) is 8.47. The van der Waals surface area contributed by atoms with Gasteiger partial charge < -0.3 is 20.3 Å². The van der Waals surface area contributed by atoms with Gasteiger partial charge in [0.2, 0.25) is 11.9 Å². The number of likely N-dealkylation sites (N-methyl/N-ethyl adjacent to an activating group) is 1. The van der Waals surface area contributed by atoms with Gasteiger partial charge in [0.05, 0.1) is 6.61 Å². The smallest absolute Gasteiger partial charge is 0.323 e. The molecule has 0 fully saturated rings. The van der Waals surface area contributed by atoms with Crippen LogP contribution in [0.1, 0.15) is 20.8 Å². The summed E-state index contributed by atoms with van der Waals surface area (Å²) in [5.74, 6) is 1.04. The molecule has 0 aliphatic rings.